The van der Waals surface area contributed by atoms with Crippen molar-refractivity contribution in [1.82, 2.24) is 0 Å². The number of nitrogens with zero attached hydrogens (tertiary/aromatic N) is 2. The Morgan fingerprint density at radius 2 is 0.526 bits per heavy atom. The molecule has 2 nitrogen and oxygen atoms in total. The van der Waals surface area contributed by atoms with Gasteiger partial charge in [0.05, 0.1) is 0 Å². The van der Waals surface area contributed by atoms with Crippen LogP contribution < -0.4 is 9.80 Å². The molecule has 38 heavy (non-hydrogen) atoms. The summed E-state index contributed by atoms with van der Waals surface area (Å²) in [6.07, 6.45) is 0. The normalized spacial score (nSPS) is 10.6. The van der Waals surface area contributed by atoms with Crippen LogP contribution >= 0.6 is 0 Å². The van der Waals surface area contributed by atoms with E-state index in [2.05, 4.69) is 180 Å². The number of rotatable bonds is 7. The lowest BCUT2D eigenvalue weighted by atomic mass is 10.0. The Balaban J connectivity index is 1.61. The van der Waals surface area contributed by atoms with Crippen molar-refractivity contribution >= 4 is 34.1 Å². The summed E-state index contributed by atoms with van der Waals surface area (Å²) in [5.74, 6) is 0. The molecular weight excluding hydrogens is 460 g/mol. The van der Waals surface area contributed by atoms with Crippen LogP contribution in [-0.4, -0.2) is 0 Å². The molecule has 0 aliphatic carbocycles. The first-order valence-corrected chi connectivity index (χ1v) is 12.9. The highest BCUT2D eigenvalue weighted by Crippen LogP contribution is 2.42. The van der Waals surface area contributed by atoms with Crippen LogP contribution in [0, 0.1) is 0 Å². The fraction of sp³-hybridized carbons (Fsp3) is 0. The second kappa shape index (κ2) is 10.9. The molecule has 0 aromatic heterocycles. The topological polar surface area (TPSA) is 6.48 Å². The lowest BCUT2D eigenvalue weighted by Crippen LogP contribution is -2.13. The molecule has 6 aromatic rings. The molecule has 0 radical (unpaired) electrons. The van der Waals surface area contributed by atoms with Gasteiger partial charge in [-0.1, -0.05) is 103 Å². The van der Waals surface area contributed by atoms with Gasteiger partial charge >= 0.3 is 0 Å². The molecule has 0 saturated carbocycles. The summed E-state index contributed by atoms with van der Waals surface area (Å²) in [4.78, 5) is 4.65. The first-order valence-electron chi connectivity index (χ1n) is 12.9. The fourth-order valence-electron chi connectivity index (χ4n) is 4.85. The van der Waals surface area contributed by atoms with Crippen LogP contribution in [0.1, 0.15) is 0 Å². The summed E-state index contributed by atoms with van der Waals surface area (Å²) in [7, 11) is 0. The standard InChI is InChI=1S/C36H28N2/c1-6-16-29(17-7-1)30-26-35(37(31-18-8-2-9-19-31)32-20-10-3-11-21-32)28-36(27-30)38(33-22-12-4-13-23-33)34-24-14-5-15-25-34/h1-28H. The van der Waals surface area contributed by atoms with Crippen molar-refractivity contribution in [3.05, 3.63) is 170 Å². The summed E-state index contributed by atoms with van der Waals surface area (Å²) in [5.41, 5.74) is 8.97. The van der Waals surface area contributed by atoms with Crippen LogP contribution in [0.15, 0.2) is 170 Å². The van der Waals surface area contributed by atoms with Crippen molar-refractivity contribution in [2.45, 2.75) is 0 Å². The zero-order valence-corrected chi connectivity index (χ0v) is 21.1. The molecular formula is C36H28N2. The molecule has 182 valence electrons. The second-order valence-corrected chi connectivity index (χ2v) is 9.12. The van der Waals surface area contributed by atoms with Gasteiger partial charge in [0, 0.05) is 34.1 Å². The van der Waals surface area contributed by atoms with E-state index in [0.717, 1.165) is 39.7 Å². The monoisotopic (exact) mass is 488 g/mol. The van der Waals surface area contributed by atoms with E-state index in [-0.39, 0.29) is 0 Å². The van der Waals surface area contributed by atoms with Crippen LogP contribution in [-0.2, 0) is 0 Å². The smallest absolute Gasteiger partial charge is 0.0488 e. The Morgan fingerprint density at radius 1 is 0.237 bits per heavy atom. The molecule has 0 fully saturated rings. The van der Waals surface area contributed by atoms with Gasteiger partial charge in [-0.15, -0.1) is 0 Å². The van der Waals surface area contributed by atoms with Crippen molar-refractivity contribution in [1.29, 1.82) is 0 Å². The van der Waals surface area contributed by atoms with Crippen LogP contribution in [0.3, 0.4) is 0 Å². The third-order valence-electron chi connectivity index (χ3n) is 6.58. The summed E-state index contributed by atoms with van der Waals surface area (Å²) in [5, 5.41) is 0. The molecule has 0 amide bonds. The van der Waals surface area contributed by atoms with Crippen LogP contribution in [0.5, 0.6) is 0 Å². The molecule has 0 atom stereocenters. The van der Waals surface area contributed by atoms with Crippen molar-refractivity contribution in [2.24, 2.45) is 0 Å². The van der Waals surface area contributed by atoms with E-state index in [4.69, 9.17) is 0 Å². The lowest BCUT2D eigenvalue weighted by molar-refractivity contribution is 1.25. The maximum atomic E-state index is 2.32. The van der Waals surface area contributed by atoms with Crippen LogP contribution in [0.25, 0.3) is 11.1 Å². The first-order chi connectivity index (χ1) is 18.9. The summed E-state index contributed by atoms with van der Waals surface area (Å²) < 4.78 is 0. The van der Waals surface area contributed by atoms with Gasteiger partial charge in [0.1, 0.15) is 0 Å². The minimum Gasteiger partial charge on any atom is -0.310 e. The molecule has 0 N–H and O–H groups in total. The summed E-state index contributed by atoms with van der Waals surface area (Å²) >= 11 is 0. The predicted molar refractivity (Wildman–Crippen MR) is 161 cm³/mol. The average Bonchev–Trinajstić information content (AvgIpc) is 3.00. The second-order valence-electron chi connectivity index (χ2n) is 9.12. The van der Waals surface area contributed by atoms with E-state index in [1.165, 1.54) is 5.56 Å². The third kappa shape index (κ3) is 4.93. The number of hydrogen-bond acceptors (Lipinski definition) is 2. The van der Waals surface area contributed by atoms with Gasteiger partial charge in [0.25, 0.3) is 0 Å². The van der Waals surface area contributed by atoms with Gasteiger partial charge in [-0.05, 0) is 77.9 Å². The Labute approximate surface area is 224 Å². The van der Waals surface area contributed by atoms with Crippen molar-refractivity contribution in [3.8, 4) is 11.1 Å². The van der Waals surface area contributed by atoms with E-state index in [0.29, 0.717) is 0 Å². The molecule has 6 rings (SSSR count). The largest absolute Gasteiger partial charge is 0.310 e. The lowest BCUT2D eigenvalue weighted by Gasteiger charge is -2.30. The highest BCUT2D eigenvalue weighted by atomic mass is 15.2. The number of anilines is 6. The average molecular weight is 489 g/mol. The van der Waals surface area contributed by atoms with E-state index in [1.54, 1.807) is 0 Å². The molecule has 2 heteroatoms. The molecule has 0 aliphatic heterocycles. The van der Waals surface area contributed by atoms with Gasteiger partial charge in [0.15, 0.2) is 0 Å². The van der Waals surface area contributed by atoms with Crippen molar-refractivity contribution in [3.63, 3.8) is 0 Å². The molecule has 0 aliphatic rings. The molecule has 0 heterocycles. The van der Waals surface area contributed by atoms with E-state index in [1.807, 2.05) is 0 Å². The quantitative estimate of drug-likeness (QED) is 0.220. The van der Waals surface area contributed by atoms with E-state index >= 15 is 0 Å². The Bertz CT molecular complexity index is 1400. The van der Waals surface area contributed by atoms with Gasteiger partial charge < -0.3 is 9.80 Å². The zero-order chi connectivity index (χ0) is 25.6. The summed E-state index contributed by atoms with van der Waals surface area (Å²) in [6, 6.07) is 59.7. The minimum absolute atomic E-state index is 1.09. The molecule has 0 spiro atoms. The van der Waals surface area contributed by atoms with Crippen molar-refractivity contribution in [2.75, 3.05) is 9.80 Å². The van der Waals surface area contributed by atoms with Gasteiger partial charge in [0.2, 0.25) is 0 Å². The van der Waals surface area contributed by atoms with Gasteiger partial charge in [-0.2, -0.15) is 0 Å². The third-order valence-corrected chi connectivity index (χ3v) is 6.58. The number of benzene rings is 6. The Hall–Kier alpha value is -5.08. The van der Waals surface area contributed by atoms with Gasteiger partial charge in [-0.25, -0.2) is 0 Å². The van der Waals surface area contributed by atoms with Crippen LogP contribution in [0.2, 0.25) is 0 Å². The molecule has 6 aromatic carbocycles. The van der Waals surface area contributed by atoms with E-state index in [9.17, 15) is 0 Å². The highest BCUT2D eigenvalue weighted by molar-refractivity contribution is 5.87. The Kier molecular flexibility index (Phi) is 6.69. The predicted octanol–water partition coefficient (Wildman–Crippen LogP) is 10.3. The van der Waals surface area contributed by atoms with Gasteiger partial charge in [-0.3, -0.25) is 0 Å². The maximum absolute atomic E-state index is 2.32. The van der Waals surface area contributed by atoms with Crippen LogP contribution in [0.4, 0.5) is 34.1 Å². The number of para-hydroxylation sites is 4. The molecule has 0 unspecified atom stereocenters. The molecule has 0 saturated heterocycles. The van der Waals surface area contributed by atoms with E-state index < -0.39 is 0 Å². The van der Waals surface area contributed by atoms with Crippen molar-refractivity contribution < 1.29 is 0 Å². The molecule has 0 bridgehead atoms. The summed E-state index contributed by atoms with van der Waals surface area (Å²) in [6.45, 7) is 0. The first kappa shape index (κ1) is 23.3. The SMILES string of the molecule is c1ccc(-c2cc(N(c3ccccc3)c3ccccc3)cc(N(c3ccccc3)c3ccccc3)c2)cc1. The maximum Gasteiger partial charge on any atom is 0.0488 e. The number of hydrogen-bond donors (Lipinski definition) is 0. The minimum atomic E-state index is 1.09. The highest BCUT2D eigenvalue weighted by Gasteiger charge is 2.18. The fourth-order valence-corrected chi connectivity index (χ4v) is 4.85. The zero-order valence-electron chi connectivity index (χ0n) is 21.1. The Morgan fingerprint density at radius 3 is 0.842 bits per heavy atom.